The average Bonchev–Trinajstić information content (AvgIpc) is 3.16. The van der Waals surface area contributed by atoms with E-state index in [-0.39, 0.29) is 5.91 Å². The summed E-state index contributed by atoms with van der Waals surface area (Å²) in [5, 5.41) is 6.22. The summed E-state index contributed by atoms with van der Waals surface area (Å²) >= 11 is 0. The minimum Gasteiger partial charge on any atom is -0.355 e. The molecule has 1 saturated carbocycles. The number of pyridine rings is 1. The highest BCUT2D eigenvalue weighted by atomic mass is 16.1. The molecule has 1 aromatic rings. The maximum atomic E-state index is 11.7. The molecule has 2 N–H and O–H groups in total. The number of nitrogens with one attached hydrogen (secondary N) is 2. The van der Waals surface area contributed by atoms with Crippen LogP contribution in [0.2, 0.25) is 0 Å². The van der Waals surface area contributed by atoms with Gasteiger partial charge in [-0.1, -0.05) is 6.07 Å². The van der Waals surface area contributed by atoms with Gasteiger partial charge in [-0.25, -0.2) is 0 Å². The Morgan fingerprint density at radius 3 is 2.83 bits per heavy atom. The van der Waals surface area contributed by atoms with Gasteiger partial charge in [-0.05, 0) is 38.4 Å². The number of aryl methyl sites for hydroxylation is 1. The van der Waals surface area contributed by atoms with E-state index in [2.05, 4.69) is 15.6 Å². The number of hydrogen-bond donors (Lipinski definition) is 2. The van der Waals surface area contributed by atoms with E-state index in [9.17, 15) is 4.79 Å². The van der Waals surface area contributed by atoms with Crippen molar-refractivity contribution in [3.63, 3.8) is 0 Å². The van der Waals surface area contributed by atoms with Crippen molar-refractivity contribution in [2.24, 2.45) is 5.41 Å². The van der Waals surface area contributed by atoms with Crippen molar-refractivity contribution in [3.8, 4) is 0 Å². The Bertz CT molecular complexity index is 387. The number of carbonyl (C=O) groups excluding carboxylic acids is 1. The molecule has 1 heterocycles. The highest BCUT2D eigenvalue weighted by molar-refractivity contribution is 5.76. The van der Waals surface area contributed by atoms with Crippen LogP contribution in [0.25, 0.3) is 0 Å². The molecular weight excluding hydrogens is 226 g/mol. The van der Waals surface area contributed by atoms with Crippen molar-refractivity contribution >= 4 is 5.91 Å². The minimum atomic E-state index is 0.128. The third-order valence-corrected chi connectivity index (χ3v) is 3.50. The van der Waals surface area contributed by atoms with Gasteiger partial charge in [0.1, 0.15) is 0 Å². The van der Waals surface area contributed by atoms with Gasteiger partial charge in [-0.15, -0.1) is 0 Å². The molecule has 0 bridgehead atoms. The summed E-state index contributed by atoms with van der Waals surface area (Å²) in [6.07, 6.45) is 5.43. The fourth-order valence-corrected chi connectivity index (χ4v) is 2.13. The Kier molecular flexibility index (Phi) is 4.31. The maximum absolute atomic E-state index is 11.7. The molecule has 1 aromatic heterocycles. The zero-order chi connectivity index (χ0) is 12.8. The van der Waals surface area contributed by atoms with Crippen LogP contribution in [0, 0.1) is 5.41 Å². The molecule has 4 heteroatoms. The Hall–Kier alpha value is -1.42. The van der Waals surface area contributed by atoms with E-state index in [1.54, 1.807) is 6.20 Å². The van der Waals surface area contributed by atoms with E-state index < -0.39 is 0 Å². The van der Waals surface area contributed by atoms with Crippen LogP contribution in [0.1, 0.15) is 25.0 Å². The molecule has 0 aromatic carbocycles. The highest BCUT2D eigenvalue weighted by Gasteiger charge is 2.41. The van der Waals surface area contributed by atoms with Gasteiger partial charge in [0.05, 0.1) is 0 Å². The summed E-state index contributed by atoms with van der Waals surface area (Å²) in [4.78, 5) is 15.9. The molecule has 4 nitrogen and oxygen atoms in total. The largest absolute Gasteiger partial charge is 0.355 e. The molecule has 0 atom stereocenters. The van der Waals surface area contributed by atoms with Crippen LogP contribution < -0.4 is 10.6 Å². The monoisotopic (exact) mass is 247 g/mol. The van der Waals surface area contributed by atoms with Gasteiger partial charge in [-0.3, -0.25) is 9.78 Å². The van der Waals surface area contributed by atoms with Crippen molar-refractivity contribution < 1.29 is 4.79 Å². The highest BCUT2D eigenvalue weighted by Crippen LogP contribution is 2.44. The minimum absolute atomic E-state index is 0.128. The summed E-state index contributed by atoms with van der Waals surface area (Å²) in [6.45, 7) is 1.79. The normalized spacial score (nSPS) is 16.3. The quantitative estimate of drug-likeness (QED) is 0.759. The van der Waals surface area contributed by atoms with Crippen molar-refractivity contribution in [1.29, 1.82) is 0 Å². The van der Waals surface area contributed by atoms with E-state index >= 15 is 0 Å². The van der Waals surface area contributed by atoms with Crippen molar-refractivity contribution in [3.05, 3.63) is 30.1 Å². The van der Waals surface area contributed by atoms with E-state index in [0.29, 0.717) is 18.3 Å². The summed E-state index contributed by atoms with van der Waals surface area (Å²) in [5.41, 5.74) is 1.30. The predicted octanol–water partition coefficient (Wildman–Crippen LogP) is 1.13. The Labute approximate surface area is 108 Å². The molecule has 1 aliphatic rings. The zero-order valence-electron chi connectivity index (χ0n) is 10.9. The lowest BCUT2D eigenvalue weighted by Gasteiger charge is -2.15. The van der Waals surface area contributed by atoms with Crippen LogP contribution in [0.3, 0.4) is 0 Å². The smallest absolute Gasteiger partial charge is 0.220 e. The maximum Gasteiger partial charge on any atom is 0.220 e. The van der Waals surface area contributed by atoms with Gasteiger partial charge in [0.15, 0.2) is 0 Å². The molecule has 1 fully saturated rings. The molecule has 0 spiro atoms. The number of aromatic nitrogens is 1. The molecule has 0 saturated heterocycles. The van der Waals surface area contributed by atoms with Gasteiger partial charge in [0.2, 0.25) is 5.91 Å². The van der Waals surface area contributed by atoms with Crippen LogP contribution >= 0.6 is 0 Å². The lowest BCUT2D eigenvalue weighted by Crippen LogP contribution is -2.35. The number of amides is 1. The zero-order valence-corrected chi connectivity index (χ0v) is 10.9. The third-order valence-electron chi connectivity index (χ3n) is 3.50. The molecule has 0 aliphatic heterocycles. The van der Waals surface area contributed by atoms with Crippen molar-refractivity contribution in [1.82, 2.24) is 15.6 Å². The molecule has 18 heavy (non-hydrogen) atoms. The van der Waals surface area contributed by atoms with Gasteiger partial charge in [0, 0.05) is 36.8 Å². The Balaban J connectivity index is 1.67. The first-order valence-corrected chi connectivity index (χ1v) is 6.55. The third kappa shape index (κ3) is 3.81. The van der Waals surface area contributed by atoms with Crippen LogP contribution in [-0.2, 0) is 11.2 Å². The summed E-state index contributed by atoms with van der Waals surface area (Å²) in [6, 6.07) is 5.79. The first-order chi connectivity index (χ1) is 8.74. The fourth-order valence-electron chi connectivity index (χ4n) is 2.13. The van der Waals surface area contributed by atoms with Gasteiger partial charge >= 0.3 is 0 Å². The second kappa shape index (κ2) is 5.96. The van der Waals surface area contributed by atoms with Gasteiger partial charge in [0.25, 0.3) is 0 Å². The lowest BCUT2D eigenvalue weighted by atomic mass is 10.1. The van der Waals surface area contributed by atoms with E-state index in [4.69, 9.17) is 0 Å². The van der Waals surface area contributed by atoms with Crippen LogP contribution in [0.5, 0.6) is 0 Å². The second-order valence-corrected chi connectivity index (χ2v) is 5.13. The second-order valence-electron chi connectivity index (χ2n) is 5.13. The first kappa shape index (κ1) is 13.0. The van der Waals surface area contributed by atoms with Gasteiger partial charge in [-0.2, -0.15) is 0 Å². The van der Waals surface area contributed by atoms with Crippen LogP contribution in [-0.4, -0.2) is 31.0 Å². The molecule has 98 valence electrons. The average molecular weight is 247 g/mol. The fraction of sp³-hybridized carbons (Fsp3) is 0.571. The van der Waals surface area contributed by atoms with Crippen LogP contribution in [0.4, 0.5) is 0 Å². The molecular formula is C14H21N3O. The van der Waals surface area contributed by atoms with E-state index in [1.165, 1.54) is 12.8 Å². The number of rotatable bonds is 7. The number of hydrogen-bond acceptors (Lipinski definition) is 3. The number of nitrogens with zero attached hydrogens (tertiary/aromatic N) is 1. The molecule has 1 amide bonds. The number of carbonyl (C=O) groups is 1. The first-order valence-electron chi connectivity index (χ1n) is 6.55. The molecule has 0 radical (unpaired) electrons. The van der Waals surface area contributed by atoms with Crippen molar-refractivity contribution in [2.45, 2.75) is 25.7 Å². The summed E-state index contributed by atoms with van der Waals surface area (Å²) in [5.74, 6) is 0.128. The van der Waals surface area contributed by atoms with Crippen LogP contribution in [0.15, 0.2) is 24.4 Å². The predicted molar refractivity (Wildman–Crippen MR) is 71.2 cm³/mol. The standard InChI is InChI=1S/C14H21N3O/c1-15-10-14(7-8-14)11-17-13(18)6-5-12-4-2-3-9-16-12/h2-4,9,15H,5-8,10-11H2,1H3,(H,17,18). The summed E-state index contributed by atoms with van der Waals surface area (Å²) < 4.78 is 0. The molecule has 0 unspecified atom stereocenters. The SMILES string of the molecule is CNCC1(CNC(=O)CCc2ccccn2)CC1. The van der Waals surface area contributed by atoms with E-state index in [1.807, 2.05) is 25.2 Å². The van der Waals surface area contributed by atoms with E-state index in [0.717, 1.165) is 18.8 Å². The Morgan fingerprint density at radius 2 is 2.22 bits per heavy atom. The summed E-state index contributed by atoms with van der Waals surface area (Å²) in [7, 11) is 1.96. The Morgan fingerprint density at radius 1 is 1.39 bits per heavy atom. The van der Waals surface area contributed by atoms with Gasteiger partial charge < -0.3 is 10.6 Å². The molecule has 1 aliphatic carbocycles. The molecule has 2 rings (SSSR count). The topological polar surface area (TPSA) is 54.0 Å². The van der Waals surface area contributed by atoms with Crippen molar-refractivity contribution in [2.75, 3.05) is 20.1 Å². The lowest BCUT2D eigenvalue weighted by molar-refractivity contribution is -0.121.